The molecule has 2 rings (SSSR count). The van der Waals surface area contributed by atoms with Crippen LogP contribution in [0.2, 0.25) is 0 Å². The average molecular weight is 612 g/mol. The molecule has 2 N–H and O–H groups in total. The molecule has 0 aliphatic rings. The molecule has 0 aliphatic heterocycles. The minimum atomic E-state index is -5.94. The molecule has 2 aromatic rings. The van der Waals surface area contributed by atoms with Crippen LogP contribution >= 0.6 is 45.2 Å². The van der Waals surface area contributed by atoms with Crippen molar-refractivity contribution in [2.45, 2.75) is 5.25 Å². The fourth-order valence-corrected chi connectivity index (χ4v) is 3.55. The van der Waals surface area contributed by atoms with E-state index in [0.717, 1.165) is 12.1 Å². The lowest BCUT2D eigenvalue weighted by atomic mass is 10.3. The predicted octanol–water partition coefficient (Wildman–Crippen LogP) is 3.78. The maximum Gasteiger partial charge on any atom is 0.466 e. The molecule has 2 aromatic carbocycles. The highest BCUT2D eigenvalue weighted by atomic mass is 127. The molecule has 26 heavy (non-hydrogen) atoms. The van der Waals surface area contributed by atoms with E-state index in [1.54, 1.807) is 12.1 Å². The molecular formula is C14H8F2I2O7S. The van der Waals surface area contributed by atoms with E-state index in [1.807, 2.05) is 45.2 Å². The fourth-order valence-electron chi connectivity index (χ4n) is 1.58. The molecular weight excluding hydrogens is 604 g/mol. The molecule has 0 amide bonds. The maximum atomic E-state index is 13.1. The Balaban J connectivity index is 2.13. The first-order valence-corrected chi connectivity index (χ1v) is 10.0. The van der Waals surface area contributed by atoms with Crippen molar-refractivity contribution in [2.75, 3.05) is 0 Å². The van der Waals surface area contributed by atoms with Crippen molar-refractivity contribution in [1.29, 1.82) is 0 Å². The number of carbonyl (C=O) groups excluding carboxylic acids is 1. The molecule has 0 fully saturated rings. The smallest absolute Gasteiger partial charge is 0.466 e. The molecule has 7 nitrogen and oxygen atoms in total. The van der Waals surface area contributed by atoms with Crippen LogP contribution in [0.3, 0.4) is 0 Å². The number of halogens is 4. The Kier molecular flexibility index (Phi) is 6.29. The van der Waals surface area contributed by atoms with Gasteiger partial charge in [-0.2, -0.15) is 17.2 Å². The molecule has 140 valence electrons. The first-order chi connectivity index (χ1) is 11.9. The van der Waals surface area contributed by atoms with Crippen LogP contribution in [0.5, 0.6) is 23.0 Å². The normalized spacial score (nSPS) is 11.9. The summed E-state index contributed by atoms with van der Waals surface area (Å²) in [6, 6.07) is 7.92. The number of esters is 1. The van der Waals surface area contributed by atoms with Gasteiger partial charge in [-0.25, -0.2) is 4.79 Å². The number of alkyl halides is 2. The average Bonchev–Trinajstić information content (AvgIpc) is 2.53. The van der Waals surface area contributed by atoms with E-state index >= 15 is 0 Å². The minimum absolute atomic E-state index is 0.112. The molecule has 12 heteroatoms. The Morgan fingerprint density at radius 3 is 1.92 bits per heavy atom. The van der Waals surface area contributed by atoms with Gasteiger partial charge in [0.1, 0.15) is 23.0 Å². The lowest BCUT2D eigenvalue weighted by Gasteiger charge is -2.12. The van der Waals surface area contributed by atoms with Gasteiger partial charge < -0.3 is 14.6 Å². The fraction of sp³-hybridized carbons (Fsp3) is 0.0714. The Labute approximate surface area is 173 Å². The summed E-state index contributed by atoms with van der Waals surface area (Å²) in [5.74, 6) is -2.03. The highest BCUT2D eigenvalue weighted by molar-refractivity contribution is 14.1. The highest BCUT2D eigenvalue weighted by Crippen LogP contribution is 2.33. The van der Waals surface area contributed by atoms with Crippen LogP contribution in [-0.2, 0) is 14.9 Å². The Morgan fingerprint density at radius 1 is 1.00 bits per heavy atom. The quantitative estimate of drug-likeness (QED) is 0.229. The van der Waals surface area contributed by atoms with E-state index in [4.69, 9.17) is 9.29 Å². The zero-order valence-electron chi connectivity index (χ0n) is 12.3. The number of benzene rings is 2. The summed E-state index contributed by atoms with van der Waals surface area (Å²) in [6.45, 7) is 0. The van der Waals surface area contributed by atoms with Crippen molar-refractivity contribution >= 4 is 61.3 Å². The highest BCUT2D eigenvalue weighted by Gasteiger charge is 2.54. The second-order valence-electron chi connectivity index (χ2n) is 4.69. The van der Waals surface area contributed by atoms with Gasteiger partial charge in [-0.15, -0.1) is 0 Å². The zero-order valence-corrected chi connectivity index (χ0v) is 17.5. The van der Waals surface area contributed by atoms with Crippen molar-refractivity contribution in [2.24, 2.45) is 0 Å². The third-order valence-electron chi connectivity index (χ3n) is 2.82. The molecule has 0 atom stereocenters. The van der Waals surface area contributed by atoms with Gasteiger partial charge in [0, 0.05) is 0 Å². The van der Waals surface area contributed by atoms with Crippen LogP contribution in [0.15, 0.2) is 36.4 Å². The molecule has 0 saturated carbocycles. The molecule has 0 spiro atoms. The molecule has 0 saturated heterocycles. The summed E-state index contributed by atoms with van der Waals surface area (Å²) < 4.78 is 66.5. The van der Waals surface area contributed by atoms with Crippen LogP contribution in [0.1, 0.15) is 0 Å². The van der Waals surface area contributed by atoms with Crippen molar-refractivity contribution in [3.05, 3.63) is 43.5 Å². The maximum absolute atomic E-state index is 13.1. The Bertz CT molecular complexity index is 923. The number of hydrogen-bond acceptors (Lipinski definition) is 6. The van der Waals surface area contributed by atoms with Gasteiger partial charge in [-0.05, 0) is 81.6 Å². The van der Waals surface area contributed by atoms with E-state index < -0.39 is 21.3 Å². The number of phenols is 1. The van der Waals surface area contributed by atoms with Gasteiger partial charge in [0.25, 0.3) is 0 Å². The van der Waals surface area contributed by atoms with Crippen LogP contribution < -0.4 is 9.47 Å². The summed E-state index contributed by atoms with van der Waals surface area (Å²) in [7, 11) is -5.94. The summed E-state index contributed by atoms with van der Waals surface area (Å²) in [6.07, 6.45) is 0. The van der Waals surface area contributed by atoms with E-state index in [9.17, 15) is 27.1 Å². The number of aromatic hydroxyl groups is 1. The topological polar surface area (TPSA) is 110 Å². The van der Waals surface area contributed by atoms with Crippen LogP contribution in [0.4, 0.5) is 8.78 Å². The standard InChI is InChI=1S/C14H8F2I2O7S/c15-14(16,26(21,22)23)13(20)25-8-3-1-7(2-4-8)24-9-5-10(17)12(19)11(18)6-9/h1-6,19H,(H,21,22,23). The predicted molar refractivity (Wildman–Crippen MR) is 102 cm³/mol. The number of hydrogen-bond donors (Lipinski definition) is 2. The van der Waals surface area contributed by atoms with Gasteiger partial charge in [0.15, 0.2) is 0 Å². The van der Waals surface area contributed by atoms with Gasteiger partial charge in [0.05, 0.1) is 7.14 Å². The monoisotopic (exact) mass is 612 g/mol. The Hall–Kier alpha value is -1.26. The lowest BCUT2D eigenvalue weighted by Crippen LogP contribution is -2.40. The lowest BCUT2D eigenvalue weighted by molar-refractivity contribution is -0.151. The number of carbonyl (C=O) groups is 1. The van der Waals surface area contributed by atoms with Crippen LogP contribution in [0.25, 0.3) is 0 Å². The number of phenolic OH excluding ortho intramolecular Hbond substituents is 1. The van der Waals surface area contributed by atoms with E-state index in [1.165, 1.54) is 12.1 Å². The number of rotatable bonds is 5. The van der Waals surface area contributed by atoms with Crippen molar-refractivity contribution < 1.29 is 41.1 Å². The second kappa shape index (κ2) is 7.77. The summed E-state index contributed by atoms with van der Waals surface area (Å²) >= 11 is 3.84. The Morgan fingerprint density at radius 2 is 1.46 bits per heavy atom. The molecule has 0 radical (unpaired) electrons. The first-order valence-electron chi connectivity index (χ1n) is 6.45. The van der Waals surface area contributed by atoms with E-state index in [0.29, 0.717) is 12.9 Å². The molecule has 0 aromatic heterocycles. The SMILES string of the molecule is O=C(Oc1ccc(Oc2cc(I)c(O)c(I)c2)cc1)C(F)(F)S(=O)(=O)O. The molecule has 0 bridgehead atoms. The summed E-state index contributed by atoms with van der Waals surface area (Å²) in [5.41, 5.74) is 0. The molecule has 0 heterocycles. The molecule has 0 unspecified atom stereocenters. The van der Waals surface area contributed by atoms with Crippen molar-refractivity contribution in [3.63, 3.8) is 0 Å². The number of ether oxygens (including phenoxy) is 2. The third-order valence-corrected chi connectivity index (χ3v) is 5.28. The summed E-state index contributed by atoms with van der Waals surface area (Å²) in [5, 5.41) is 4.62. The largest absolute Gasteiger partial charge is 0.506 e. The minimum Gasteiger partial charge on any atom is -0.506 e. The van der Waals surface area contributed by atoms with Crippen molar-refractivity contribution in [1.82, 2.24) is 0 Å². The second-order valence-corrected chi connectivity index (χ2v) is 8.48. The van der Waals surface area contributed by atoms with Gasteiger partial charge in [0.2, 0.25) is 0 Å². The van der Waals surface area contributed by atoms with Gasteiger partial charge in [-0.3, -0.25) is 4.55 Å². The third kappa shape index (κ3) is 4.72. The summed E-state index contributed by atoms with van der Waals surface area (Å²) in [4.78, 5) is 11.2. The van der Waals surface area contributed by atoms with Crippen LogP contribution in [-0.4, -0.2) is 29.3 Å². The molecule has 0 aliphatic carbocycles. The van der Waals surface area contributed by atoms with Gasteiger partial charge >= 0.3 is 21.3 Å². The van der Waals surface area contributed by atoms with Crippen molar-refractivity contribution in [3.8, 4) is 23.0 Å². The first kappa shape index (κ1) is 21.0. The van der Waals surface area contributed by atoms with E-state index in [2.05, 4.69) is 4.74 Å². The van der Waals surface area contributed by atoms with Gasteiger partial charge in [-0.1, -0.05) is 0 Å². The van der Waals surface area contributed by atoms with E-state index in [-0.39, 0.29) is 17.2 Å². The van der Waals surface area contributed by atoms with Crippen LogP contribution in [0, 0.1) is 7.14 Å². The zero-order chi connectivity index (χ0) is 19.7.